The smallest absolute Gasteiger partial charge is 0.472 e. The van der Waals surface area contributed by atoms with Crippen LogP contribution in [0.4, 0.5) is 11.6 Å². The highest BCUT2D eigenvalue weighted by Crippen LogP contribution is 2.60. The molecule has 1 aliphatic carbocycles. The van der Waals surface area contributed by atoms with E-state index in [1.54, 1.807) is 36.4 Å². The van der Waals surface area contributed by atoms with Crippen molar-refractivity contribution in [1.82, 2.24) is 30.6 Å². The molecule has 3 aliphatic rings. The lowest BCUT2D eigenvalue weighted by Gasteiger charge is -2.39. The number of amides is 2. The van der Waals surface area contributed by atoms with Gasteiger partial charge in [0.15, 0.2) is 34.2 Å². The van der Waals surface area contributed by atoms with Crippen molar-refractivity contribution in [3.63, 3.8) is 0 Å². The van der Waals surface area contributed by atoms with E-state index >= 15 is 0 Å². The minimum absolute atomic E-state index is 0.0377. The van der Waals surface area contributed by atoms with E-state index in [1.807, 2.05) is 0 Å². The summed E-state index contributed by atoms with van der Waals surface area (Å²) in [6, 6.07) is 11.8. The summed E-state index contributed by atoms with van der Waals surface area (Å²) in [4.78, 5) is 88.6. The first-order valence-electron chi connectivity index (χ1n) is 24.6. The van der Waals surface area contributed by atoms with E-state index in [9.17, 15) is 38.5 Å². The fraction of sp³-hybridized carbons (Fsp3) is 0.440. The molecule has 27 nitrogen and oxygen atoms in total. The Bertz CT molecular complexity index is 3050. The standard InChI is InChI=1S/C50H59N8O19P/c1-67-37-19-28(20-38(68-2)44(37)69-3)40-31-21-35-36(75-26-74-35)22-32(31)43(33-25-73-49(64)41(33)40)77-78(65,66)76-18-17-72-16-15-71-14-13-70-12-4-11-52-39(59)10-9-34(48(62)63)56-46(60)27-5-7-29(8-6-27)53-23-30-24-54-45-42(55-30)47(61)58-50(51)57-45/h5-8,19-22,24,33-34,40-41,43,53H,4,9-18,23,25-26H2,1-3H3,(H,52,59)(H,56,60)(H,62,63)(H,65,66)(H3,51,54,57,58,61). The third kappa shape index (κ3) is 13.9. The molecule has 5 aromatic rings. The van der Waals surface area contributed by atoms with E-state index in [-0.39, 0.29) is 102 Å². The number of nitrogens with zero attached hydrogens (tertiary/aromatic N) is 3. The van der Waals surface area contributed by atoms with Crippen molar-refractivity contribution >= 4 is 54.4 Å². The number of cyclic esters (lactones) is 1. The molecule has 4 heterocycles. The van der Waals surface area contributed by atoms with Crippen molar-refractivity contribution in [1.29, 1.82) is 0 Å². The summed E-state index contributed by atoms with van der Waals surface area (Å²) < 4.78 is 74.9. The summed E-state index contributed by atoms with van der Waals surface area (Å²) in [5.74, 6) is -3.16. The molecule has 0 bridgehead atoms. The van der Waals surface area contributed by atoms with Crippen molar-refractivity contribution in [3.8, 4) is 28.7 Å². The number of nitrogen functional groups attached to an aromatic ring is 1. The van der Waals surface area contributed by atoms with Crippen LogP contribution in [-0.4, -0.2) is 147 Å². The number of carboxylic acid groups (broad SMARTS) is 1. The number of hydrogen-bond acceptors (Lipinski definition) is 22. The van der Waals surface area contributed by atoms with Crippen LogP contribution in [0.25, 0.3) is 11.2 Å². The van der Waals surface area contributed by atoms with Gasteiger partial charge in [0, 0.05) is 42.7 Å². The molecular weight excluding hydrogens is 1050 g/mol. The van der Waals surface area contributed by atoms with Gasteiger partial charge in [-0.3, -0.25) is 33.2 Å². The number of methoxy groups -OCH3 is 3. The highest BCUT2D eigenvalue weighted by atomic mass is 31.2. The van der Waals surface area contributed by atoms with Gasteiger partial charge in [0.2, 0.25) is 24.4 Å². The van der Waals surface area contributed by atoms with Crippen molar-refractivity contribution < 1.29 is 85.4 Å². The summed E-state index contributed by atoms with van der Waals surface area (Å²) in [6.07, 6.45) is 0.520. The monoisotopic (exact) mass is 1110 g/mol. The molecule has 418 valence electrons. The van der Waals surface area contributed by atoms with Crippen molar-refractivity contribution in [2.24, 2.45) is 11.8 Å². The van der Waals surface area contributed by atoms with Crippen LogP contribution in [-0.2, 0) is 53.5 Å². The van der Waals surface area contributed by atoms with Crippen molar-refractivity contribution in [2.75, 3.05) is 98.6 Å². The maximum Gasteiger partial charge on any atom is 0.472 e. The third-order valence-corrected chi connectivity index (χ3v) is 13.8. The van der Waals surface area contributed by atoms with Gasteiger partial charge in [-0.1, -0.05) is 0 Å². The van der Waals surface area contributed by atoms with E-state index in [0.29, 0.717) is 69.8 Å². The first-order valence-corrected chi connectivity index (χ1v) is 26.1. The molecule has 6 atom stereocenters. The van der Waals surface area contributed by atoms with Gasteiger partial charge in [0.25, 0.3) is 11.5 Å². The zero-order chi connectivity index (χ0) is 55.3. The quantitative estimate of drug-likeness (QED) is 0.0205. The van der Waals surface area contributed by atoms with Gasteiger partial charge in [-0.2, -0.15) is 4.98 Å². The second kappa shape index (κ2) is 26.1. The van der Waals surface area contributed by atoms with Gasteiger partial charge in [-0.15, -0.1) is 0 Å². The molecule has 8 rings (SSSR count). The number of carbonyl (C=O) groups is 4. The Morgan fingerprint density at radius 3 is 2.21 bits per heavy atom. The lowest BCUT2D eigenvalue weighted by Crippen LogP contribution is -2.41. The number of aromatic amines is 1. The number of H-pyrrole nitrogens is 1. The number of aliphatic carboxylic acids is 1. The largest absolute Gasteiger partial charge is 0.493 e. The molecule has 8 N–H and O–H groups in total. The molecule has 3 aromatic carbocycles. The SMILES string of the molecule is COc1cc(C2c3cc4c(cc3C(OP(=O)(O)OCCOCCOCCOCCCNC(=O)CCC(NC(=O)c3ccc(NCc5cnc6nc(N)[nH]c(=O)c6n5)cc3)C(=O)O)C3COC(=O)C23)OCO4)cc(OC)c1OC. The van der Waals surface area contributed by atoms with E-state index in [1.165, 1.54) is 39.7 Å². The van der Waals surface area contributed by atoms with Gasteiger partial charge in [0.05, 0.1) is 91.9 Å². The number of carbonyl (C=O) groups excluding carboxylic acids is 3. The van der Waals surface area contributed by atoms with Crippen LogP contribution < -0.4 is 50.9 Å². The van der Waals surface area contributed by atoms with Crippen LogP contribution in [0.1, 0.15) is 64.0 Å². The summed E-state index contributed by atoms with van der Waals surface area (Å²) in [7, 11) is -0.303. The van der Waals surface area contributed by atoms with Crippen molar-refractivity contribution in [3.05, 3.63) is 93.0 Å². The molecule has 6 unspecified atom stereocenters. The number of hydrogen-bond donors (Lipinski definition) is 7. The molecule has 78 heavy (non-hydrogen) atoms. The fourth-order valence-corrected chi connectivity index (χ4v) is 10.0. The van der Waals surface area contributed by atoms with Gasteiger partial charge in [0.1, 0.15) is 12.1 Å². The van der Waals surface area contributed by atoms with E-state index < -0.39 is 67.0 Å². The number of phosphoric ester groups is 1. The topological polar surface area (TPSA) is 361 Å². The van der Waals surface area contributed by atoms with Gasteiger partial charge >= 0.3 is 19.8 Å². The minimum atomic E-state index is -4.76. The van der Waals surface area contributed by atoms with Crippen LogP contribution in [0.15, 0.2) is 59.5 Å². The lowest BCUT2D eigenvalue weighted by molar-refractivity contribution is -0.142. The van der Waals surface area contributed by atoms with Crippen LogP contribution in [0.5, 0.6) is 28.7 Å². The van der Waals surface area contributed by atoms with Crippen LogP contribution in [0, 0.1) is 11.8 Å². The minimum Gasteiger partial charge on any atom is -0.493 e. The first-order chi connectivity index (χ1) is 37.7. The summed E-state index contributed by atoms with van der Waals surface area (Å²) >= 11 is 0. The average Bonchev–Trinajstić information content (AvgIpc) is 4.08. The Morgan fingerprint density at radius 2 is 1.54 bits per heavy atom. The molecular formula is C50H59N8O19P. The van der Waals surface area contributed by atoms with Gasteiger partial charge in [-0.25, -0.2) is 19.3 Å². The Labute approximate surface area is 445 Å². The van der Waals surface area contributed by atoms with E-state index in [2.05, 4.69) is 35.9 Å². The summed E-state index contributed by atoms with van der Waals surface area (Å²) in [5, 5.41) is 18.0. The van der Waals surface area contributed by atoms with Crippen LogP contribution in [0.3, 0.4) is 0 Å². The van der Waals surface area contributed by atoms with Gasteiger partial charge in [-0.05, 0) is 78.1 Å². The van der Waals surface area contributed by atoms with Gasteiger partial charge < -0.3 is 74.3 Å². The predicted octanol–water partition coefficient (Wildman–Crippen LogP) is 2.99. The number of nitrogens with two attached hydrogens (primary N) is 1. The van der Waals surface area contributed by atoms with E-state index in [4.69, 9.17) is 57.4 Å². The molecule has 0 radical (unpaired) electrons. The number of anilines is 2. The summed E-state index contributed by atoms with van der Waals surface area (Å²) in [6.45, 7) is 1.13. The molecule has 28 heteroatoms. The number of benzene rings is 3. The molecule has 2 amide bonds. The molecule has 1 saturated heterocycles. The highest BCUT2D eigenvalue weighted by Gasteiger charge is 2.55. The Kier molecular flexibility index (Phi) is 18.9. The highest BCUT2D eigenvalue weighted by molar-refractivity contribution is 7.47. The average molecular weight is 1110 g/mol. The normalized spacial score (nSPS) is 18.2. The number of nitrogens with one attached hydrogen (secondary N) is 4. The number of aromatic nitrogens is 4. The first kappa shape index (κ1) is 56.6. The molecule has 2 aliphatic heterocycles. The number of carboxylic acids is 1. The van der Waals surface area contributed by atoms with E-state index in [0.717, 1.165) is 0 Å². The molecule has 0 saturated carbocycles. The Morgan fingerprint density at radius 1 is 0.872 bits per heavy atom. The zero-order valence-corrected chi connectivity index (χ0v) is 43.6. The number of esters is 1. The fourth-order valence-electron chi connectivity index (χ4n) is 9.11. The number of phosphoric acid groups is 1. The van der Waals surface area contributed by atoms with Crippen LogP contribution in [0.2, 0.25) is 0 Å². The predicted molar refractivity (Wildman–Crippen MR) is 272 cm³/mol. The Balaban J connectivity index is 0.685. The molecule has 1 fully saturated rings. The molecule has 0 spiro atoms. The third-order valence-electron chi connectivity index (χ3n) is 12.8. The number of ether oxygens (including phenoxy) is 9. The zero-order valence-electron chi connectivity index (χ0n) is 42.7. The maximum atomic E-state index is 13.5. The second-order valence-corrected chi connectivity index (χ2v) is 19.2. The number of fused-ring (bicyclic) bond motifs is 4. The summed E-state index contributed by atoms with van der Waals surface area (Å²) in [5.41, 5.74) is 8.15. The van der Waals surface area contributed by atoms with Crippen molar-refractivity contribution in [2.45, 2.75) is 43.9 Å². The maximum absolute atomic E-state index is 13.5. The second-order valence-electron chi connectivity index (χ2n) is 17.8. The lowest BCUT2D eigenvalue weighted by atomic mass is 9.66. The Hall–Kier alpha value is -7.65. The molecule has 2 aromatic heterocycles. The van der Waals surface area contributed by atoms with Crippen LogP contribution >= 0.6 is 7.82 Å². The number of rotatable bonds is 29.